The van der Waals surface area contributed by atoms with Crippen LogP contribution in [0, 0.1) is 13.8 Å². The highest BCUT2D eigenvalue weighted by atomic mass is 79.9. The van der Waals surface area contributed by atoms with Crippen molar-refractivity contribution in [3.8, 4) is 5.75 Å². The quantitative estimate of drug-likeness (QED) is 0.861. The van der Waals surface area contributed by atoms with Crippen LogP contribution in [0.4, 0.5) is 0 Å². The molecule has 106 valence electrons. The molecule has 1 unspecified atom stereocenters. The lowest BCUT2D eigenvalue weighted by molar-refractivity contribution is 0.411. The Morgan fingerprint density at radius 2 is 1.80 bits per heavy atom. The Balaban J connectivity index is 2.47. The first-order valence-corrected chi connectivity index (χ1v) is 7.46. The summed E-state index contributed by atoms with van der Waals surface area (Å²) in [5.41, 5.74) is 10.6. The molecule has 0 radical (unpaired) electrons. The molecule has 0 aromatic heterocycles. The predicted octanol–water partition coefficient (Wildman–Crippen LogP) is 4.78. The van der Waals surface area contributed by atoms with E-state index in [9.17, 15) is 0 Å². The number of hydrogen-bond donors (Lipinski definition) is 1. The van der Waals surface area contributed by atoms with Crippen LogP contribution in [-0.2, 0) is 0 Å². The summed E-state index contributed by atoms with van der Waals surface area (Å²) >= 11 is 9.54. The molecule has 0 fully saturated rings. The lowest BCUT2D eigenvalue weighted by Crippen LogP contribution is -2.14. The molecule has 20 heavy (non-hydrogen) atoms. The molecule has 0 spiro atoms. The minimum atomic E-state index is -0.213. The second-order valence-electron chi connectivity index (χ2n) is 4.86. The van der Waals surface area contributed by atoms with E-state index in [-0.39, 0.29) is 6.04 Å². The van der Waals surface area contributed by atoms with Crippen LogP contribution in [0.1, 0.15) is 28.3 Å². The minimum Gasteiger partial charge on any atom is -0.496 e. The second-order valence-corrected chi connectivity index (χ2v) is 6.21. The molecule has 2 aromatic carbocycles. The second kappa shape index (κ2) is 6.17. The maximum Gasteiger partial charge on any atom is 0.122 e. The first-order chi connectivity index (χ1) is 9.42. The van der Waals surface area contributed by atoms with Gasteiger partial charge in [0, 0.05) is 9.50 Å². The topological polar surface area (TPSA) is 35.2 Å². The molecular weight excluding hydrogens is 338 g/mol. The summed E-state index contributed by atoms with van der Waals surface area (Å²) in [6.45, 7) is 4.05. The average molecular weight is 355 g/mol. The summed E-state index contributed by atoms with van der Waals surface area (Å²) in [6.07, 6.45) is 0. The summed E-state index contributed by atoms with van der Waals surface area (Å²) in [7, 11) is 1.68. The molecule has 2 nitrogen and oxygen atoms in total. The number of rotatable bonds is 3. The summed E-state index contributed by atoms with van der Waals surface area (Å²) in [4.78, 5) is 0. The number of nitrogens with two attached hydrogens (primary N) is 1. The van der Waals surface area contributed by atoms with Gasteiger partial charge in [-0.05, 0) is 60.4 Å². The van der Waals surface area contributed by atoms with Crippen LogP contribution in [-0.4, -0.2) is 7.11 Å². The van der Waals surface area contributed by atoms with Crippen molar-refractivity contribution < 1.29 is 4.74 Å². The standard InChI is InChI=1S/C16H17BrClNO/c1-9-5-15(20-3)10(2)4-14(9)16(19)11-6-12(17)8-13(18)7-11/h4-8,16H,19H2,1-3H3. The smallest absolute Gasteiger partial charge is 0.122 e. The highest BCUT2D eigenvalue weighted by Gasteiger charge is 2.15. The van der Waals surface area contributed by atoms with Gasteiger partial charge in [0.1, 0.15) is 5.75 Å². The Labute approximate surface area is 133 Å². The summed E-state index contributed by atoms with van der Waals surface area (Å²) in [5, 5.41) is 0.674. The van der Waals surface area contributed by atoms with Gasteiger partial charge in [0.15, 0.2) is 0 Å². The number of benzene rings is 2. The van der Waals surface area contributed by atoms with Crippen molar-refractivity contribution in [3.63, 3.8) is 0 Å². The van der Waals surface area contributed by atoms with Gasteiger partial charge in [0.2, 0.25) is 0 Å². The van der Waals surface area contributed by atoms with Crippen LogP contribution in [0.3, 0.4) is 0 Å². The van der Waals surface area contributed by atoms with Crippen molar-refractivity contribution in [1.82, 2.24) is 0 Å². The van der Waals surface area contributed by atoms with Crippen LogP contribution in [0.25, 0.3) is 0 Å². The minimum absolute atomic E-state index is 0.213. The third-order valence-corrected chi connectivity index (χ3v) is 4.04. The lowest BCUT2D eigenvalue weighted by Gasteiger charge is -2.18. The molecule has 2 rings (SSSR count). The van der Waals surface area contributed by atoms with Gasteiger partial charge in [-0.2, -0.15) is 0 Å². The fourth-order valence-corrected chi connectivity index (χ4v) is 3.19. The predicted molar refractivity (Wildman–Crippen MR) is 87.7 cm³/mol. The van der Waals surface area contributed by atoms with E-state index >= 15 is 0 Å². The fraction of sp³-hybridized carbons (Fsp3) is 0.250. The van der Waals surface area contributed by atoms with E-state index in [2.05, 4.69) is 22.0 Å². The van der Waals surface area contributed by atoms with E-state index in [0.29, 0.717) is 5.02 Å². The van der Waals surface area contributed by atoms with Gasteiger partial charge < -0.3 is 10.5 Å². The van der Waals surface area contributed by atoms with E-state index in [1.54, 1.807) is 7.11 Å². The van der Waals surface area contributed by atoms with Gasteiger partial charge in [-0.25, -0.2) is 0 Å². The Kier molecular flexibility index (Phi) is 4.74. The van der Waals surface area contributed by atoms with Gasteiger partial charge in [0.05, 0.1) is 13.2 Å². The van der Waals surface area contributed by atoms with Gasteiger partial charge in [-0.1, -0.05) is 33.6 Å². The SMILES string of the molecule is COc1cc(C)c(C(N)c2cc(Cl)cc(Br)c2)cc1C. The van der Waals surface area contributed by atoms with Crippen LogP contribution in [0.15, 0.2) is 34.8 Å². The van der Waals surface area contributed by atoms with Crippen molar-refractivity contribution in [3.05, 3.63) is 62.1 Å². The van der Waals surface area contributed by atoms with Crippen LogP contribution >= 0.6 is 27.5 Å². The third-order valence-electron chi connectivity index (χ3n) is 3.36. The zero-order valence-corrected chi connectivity index (χ0v) is 14.0. The third kappa shape index (κ3) is 3.17. The summed E-state index contributed by atoms with van der Waals surface area (Å²) < 4.78 is 6.26. The van der Waals surface area contributed by atoms with Crippen molar-refractivity contribution in [2.45, 2.75) is 19.9 Å². The van der Waals surface area contributed by atoms with E-state index in [4.69, 9.17) is 22.1 Å². The molecule has 2 aromatic rings. The number of hydrogen-bond acceptors (Lipinski definition) is 2. The molecule has 4 heteroatoms. The first kappa shape index (κ1) is 15.4. The van der Waals surface area contributed by atoms with Gasteiger partial charge in [-0.15, -0.1) is 0 Å². The number of halogens is 2. The highest BCUT2D eigenvalue weighted by Crippen LogP contribution is 2.31. The maximum atomic E-state index is 6.40. The summed E-state index contributed by atoms with van der Waals surface area (Å²) in [5.74, 6) is 0.880. The normalized spacial score (nSPS) is 12.3. The molecular formula is C16H17BrClNO. The Morgan fingerprint density at radius 3 is 2.40 bits per heavy atom. The molecule has 0 heterocycles. The molecule has 0 aliphatic heterocycles. The van der Waals surface area contributed by atoms with E-state index < -0.39 is 0 Å². The lowest BCUT2D eigenvalue weighted by atomic mass is 9.94. The highest BCUT2D eigenvalue weighted by molar-refractivity contribution is 9.10. The summed E-state index contributed by atoms with van der Waals surface area (Å²) in [6, 6.07) is 9.63. The van der Waals surface area contributed by atoms with E-state index in [1.165, 1.54) is 0 Å². The number of ether oxygens (including phenoxy) is 1. The number of aryl methyl sites for hydroxylation is 2. The Hall–Kier alpha value is -1.03. The molecule has 0 saturated carbocycles. The molecule has 0 saturated heterocycles. The molecule has 0 aliphatic rings. The average Bonchev–Trinajstić information content (AvgIpc) is 2.39. The van der Waals surface area contributed by atoms with Crippen molar-refractivity contribution in [1.29, 1.82) is 0 Å². The first-order valence-electron chi connectivity index (χ1n) is 6.29. The monoisotopic (exact) mass is 353 g/mol. The number of methoxy groups -OCH3 is 1. The van der Waals surface area contributed by atoms with Crippen molar-refractivity contribution in [2.75, 3.05) is 7.11 Å². The van der Waals surface area contributed by atoms with Gasteiger partial charge in [0.25, 0.3) is 0 Å². The Bertz CT molecular complexity index is 622. The van der Waals surface area contributed by atoms with Crippen molar-refractivity contribution in [2.24, 2.45) is 5.73 Å². The van der Waals surface area contributed by atoms with Crippen LogP contribution in [0.5, 0.6) is 5.75 Å². The zero-order valence-electron chi connectivity index (χ0n) is 11.7. The van der Waals surface area contributed by atoms with Crippen molar-refractivity contribution >= 4 is 27.5 Å². The maximum absolute atomic E-state index is 6.40. The Morgan fingerprint density at radius 1 is 1.10 bits per heavy atom. The fourth-order valence-electron chi connectivity index (χ4n) is 2.30. The van der Waals surface area contributed by atoms with Gasteiger partial charge >= 0.3 is 0 Å². The zero-order chi connectivity index (χ0) is 14.9. The molecule has 1 atom stereocenters. The van der Waals surface area contributed by atoms with E-state index in [0.717, 1.165) is 32.5 Å². The molecule has 0 aliphatic carbocycles. The van der Waals surface area contributed by atoms with Gasteiger partial charge in [-0.3, -0.25) is 0 Å². The molecule has 0 amide bonds. The largest absolute Gasteiger partial charge is 0.496 e. The van der Waals surface area contributed by atoms with Crippen LogP contribution < -0.4 is 10.5 Å². The molecule has 0 bridgehead atoms. The molecule has 2 N–H and O–H groups in total. The van der Waals surface area contributed by atoms with Crippen LogP contribution in [0.2, 0.25) is 5.02 Å². The van der Waals surface area contributed by atoms with E-state index in [1.807, 2.05) is 38.1 Å².